The molecule has 0 aromatic heterocycles. The van der Waals surface area contributed by atoms with Gasteiger partial charge in [0.05, 0.1) is 0 Å². The molecule has 1 unspecified atom stereocenters. The summed E-state index contributed by atoms with van der Waals surface area (Å²) in [4.78, 5) is 25.9. The molecule has 4 nitrogen and oxygen atoms in total. The Morgan fingerprint density at radius 3 is 2.35 bits per heavy atom. The molecule has 6 heteroatoms. The van der Waals surface area contributed by atoms with Crippen LogP contribution in [0.25, 0.3) is 0 Å². The number of benzene rings is 1. The maximum Gasteiger partial charge on any atom is 0.248 e. The number of hydrogen-bond acceptors (Lipinski definition) is 2. The molecule has 1 aliphatic heterocycles. The van der Waals surface area contributed by atoms with E-state index >= 15 is 0 Å². The highest BCUT2D eigenvalue weighted by Gasteiger charge is 2.43. The molecule has 1 aromatic carbocycles. The number of carbonyl (C=O) groups excluding carboxylic acids is 2. The summed E-state index contributed by atoms with van der Waals surface area (Å²) in [7, 11) is 0. The lowest BCUT2D eigenvalue weighted by Gasteiger charge is -2.41. The predicted molar refractivity (Wildman–Crippen MR) is 78.7 cm³/mol. The highest BCUT2D eigenvalue weighted by atomic mass is 35.5. The van der Waals surface area contributed by atoms with E-state index in [9.17, 15) is 9.59 Å². The molecule has 0 radical (unpaired) electrons. The molecule has 1 aliphatic rings. The van der Waals surface area contributed by atoms with E-state index in [4.69, 9.17) is 23.2 Å². The number of amides is 2. The molecular formula is C14H16Cl2N2O2. The second-order valence-electron chi connectivity index (χ2n) is 5.42. The molecule has 20 heavy (non-hydrogen) atoms. The van der Waals surface area contributed by atoms with E-state index in [0.29, 0.717) is 15.6 Å². The van der Waals surface area contributed by atoms with Gasteiger partial charge in [-0.05, 0) is 32.9 Å². The third-order valence-electron chi connectivity index (χ3n) is 3.47. The zero-order chi connectivity index (χ0) is 15.1. The molecule has 2 rings (SSSR count). The number of halogens is 2. The van der Waals surface area contributed by atoms with E-state index in [1.54, 1.807) is 39.0 Å². The van der Waals surface area contributed by atoms with E-state index < -0.39 is 11.6 Å². The third kappa shape index (κ3) is 2.63. The van der Waals surface area contributed by atoms with Crippen molar-refractivity contribution in [2.45, 2.75) is 38.9 Å². The van der Waals surface area contributed by atoms with Crippen molar-refractivity contribution >= 4 is 35.0 Å². The van der Waals surface area contributed by atoms with Crippen LogP contribution in [-0.2, 0) is 16.1 Å². The Labute approximate surface area is 128 Å². The highest BCUT2D eigenvalue weighted by molar-refractivity contribution is 6.36. The normalized spacial score (nSPS) is 21.9. The molecule has 0 bridgehead atoms. The summed E-state index contributed by atoms with van der Waals surface area (Å²) < 4.78 is 0. The van der Waals surface area contributed by atoms with Gasteiger partial charge in [0.15, 0.2) is 0 Å². The lowest BCUT2D eigenvalue weighted by Crippen LogP contribution is -2.67. The van der Waals surface area contributed by atoms with Crippen molar-refractivity contribution in [2.75, 3.05) is 0 Å². The Morgan fingerprint density at radius 1 is 1.25 bits per heavy atom. The monoisotopic (exact) mass is 314 g/mol. The van der Waals surface area contributed by atoms with Crippen LogP contribution in [0.4, 0.5) is 0 Å². The third-order valence-corrected chi connectivity index (χ3v) is 4.18. The molecule has 1 aromatic rings. The van der Waals surface area contributed by atoms with Crippen molar-refractivity contribution < 1.29 is 9.59 Å². The van der Waals surface area contributed by atoms with Gasteiger partial charge < -0.3 is 10.2 Å². The van der Waals surface area contributed by atoms with Gasteiger partial charge in [0.25, 0.3) is 0 Å². The second kappa shape index (κ2) is 5.26. The standard InChI is InChI=1S/C14H16Cl2N2O2/c1-8-12(19)17-14(2,3)13(20)18(8)7-9-10(15)5-4-6-11(9)16/h4-6,8H,7H2,1-3H3,(H,17,19). The molecule has 1 heterocycles. The van der Waals surface area contributed by atoms with Crippen LogP contribution in [0.3, 0.4) is 0 Å². The first-order chi connectivity index (χ1) is 9.24. The minimum Gasteiger partial charge on any atom is -0.340 e. The molecule has 0 spiro atoms. The van der Waals surface area contributed by atoms with Crippen molar-refractivity contribution in [3.05, 3.63) is 33.8 Å². The summed E-state index contributed by atoms with van der Waals surface area (Å²) >= 11 is 12.3. The Bertz CT molecular complexity index is 552. The number of nitrogens with zero attached hydrogens (tertiary/aromatic N) is 1. The summed E-state index contributed by atoms with van der Waals surface area (Å²) in [5, 5.41) is 3.68. The lowest BCUT2D eigenvalue weighted by atomic mass is 9.97. The fourth-order valence-electron chi connectivity index (χ4n) is 2.20. The first-order valence-electron chi connectivity index (χ1n) is 6.30. The fraction of sp³-hybridized carbons (Fsp3) is 0.429. The van der Waals surface area contributed by atoms with Crippen LogP contribution in [0, 0.1) is 0 Å². The molecule has 108 valence electrons. The molecule has 1 fully saturated rings. The molecule has 0 aliphatic carbocycles. The number of rotatable bonds is 2. The lowest BCUT2D eigenvalue weighted by molar-refractivity contribution is -0.153. The Balaban J connectivity index is 2.35. The first-order valence-corrected chi connectivity index (χ1v) is 7.05. The molecule has 1 atom stereocenters. The van der Waals surface area contributed by atoms with Crippen molar-refractivity contribution in [3.8, 4) is 0 Å². The average Bonchev–Trinajstić information content (AvgIpc) is 2.35. The summed E-state index contributed by atoms with van der Waals surface area (Å²) in [5.74, 6) is -0.335. The summed E-state index contributed by atoms with van der Waals surface area (Å²) in [6, 6.07) is 4.62. The zero-order valence-electron chi connectivity index (χ0n) is 11.5. The van der Waals surface area contributed by atoms with Gasteiger partial charge >= 0.3 is 0 Å². The summed E-state index contributed by atoms with van der Waals surface area (Å²) in [6.45, 7) is 5.27. The van der Waals surface area contributed by atoms with Crippen LogP contribution in [0.1, 0.15) is 26.3 Å². The zero-order valence-corrected chi connectivity index (χ0v) is 13.0. The number of carbonyl (C=O) groups is 2. The topological polar surface area (TPSA) is 49.4 Å². The van der Waals surface area contributed by atoms with E-state index in [2.05, 4.69) is 5.32 Å². The molecular weight excluding hydrogens is 299 g/mol. The van der Waals surface area contributed by atoms with Crippen LogP contribution in [0.5, 0.6) is 0 Å². The minimum absolute atomic E-state index is 0.152. The van der Waals surface area contributed by atoms with Gasteiger partial charge in [-0.2, -0.15) is 0 Å². The van der Waals surface area contributed by atoms with Gasteiger partial charge in [0.1, 0.15) is 11.6 Å². The van der Waals surface area contributed by atoms with Crippen LogP contribution >= 0.6 is 23.2 Å². The Hall–Kier alpha value is -1.26. The smallest absolute Gasteiger partial charge is 0.248 e. The largest absolute Gasteiger partial charge is 0.340 e. The van der Waals surface area contributed by atoms with Crippen molar-refractivity contribution in [3.63, 3.8) is 0 Å². The maximum atomic E-state index is 12.5. The first kappa shape index (κ1) is 15.1. The molecule has 2 amide bonds. The predicted octanol–water partition coefficient (Wildman–Crippen LogP) is 2.62. The van der Waals surface area contributed by atoms with E-state index in [1.165, 1.54) is 4.90 Å². The fourth-order valence-corrected chi connectivity index (χ4v) is 2.72. The van der Waals surface area contributed by atoms with Crippen molar-refractivity contribution in [1.29, 1.82) is 0 Å². The van der Waals surface area contributed by atoms with Gasteiger partial charge in [-0.15, -0.1) is 0 Å². The number of piperazine rings is 1. The van der Waals surface area contributed by atoms with Gasteiger partial charge in [0, 0.05) is 22.2 Å². The highest BCUT2D eigenvalue weighted by Crippen LogP contribution is 2.28. The van der Waals surface area contributed by atoms with Crippen LogP contribution in [0.15, 0.2) is 18.2 Å². The second-order valence-corrected chi connectivity index (χ2v) is 6.24. The van der Waals surface area contributed by atoms with Crippen LogP contribution in [-0.4, -0.2) is 28.3 Å². The molecule has 1 N–H and O–H groups in total. The molecule has 1 saturated heterocycles. The van der Waals surface area contributed by atoms with Crippen LogP contribution in [0.2, 0.25) is 10.0 Å². The molecule has 0 saturated carbocycles. The van der Waals surface area contributed by atoms with Crippen LogP contribution < -0.4 is 5.32 Å². The van der Waals surface area contributed by atoms with E-state index in [-0.39, 0.29) is 18.4 Å². The van der Waals surface area contributed by atoms with Gasteiger partial charge in [-0.3, -0.25) is 9.59 Å². The van der Waals surface area contributed by atoms with E-state index in [1.807, 2.05) is 0 Å². The van der Waals surface area contributed by atoms with Crippen molar-refractivity contribution in [1.82, 2.24) is 10.2 Å². The van der Waals surface area contributed by atoms with Crippen molar-refractivity contribution in [2.24, 2.45) is 0 Å². The summed E-state index contributed by atoms with van der Waals surface area (Å²) in [6.07, 6.45) is 0. The Kier molecular flexibility index (Phi) is 3.98. The van der Waals surface area contributed by atoms with E-state index in [0.717, 1.165) is 0 Å². The van der Waals surface area contributed by atoms with Gasteiger partial charge in [-0.25, -0.2) is 0 Å². The number of hydrogen-bond donors (Lipinski definition) is 1. The van der Waals surface area contributed by atoms with Gasteiger partial charge in [-0.1, -0.05) is 29.3 Å². The SMILES string of the molecule is CC1C(=O)NC(C)(C)C(=O)N1Cc1c(Cl)cccc1Cl. The average molecular weight is 315 g/mol. The summed E-state index contributed by atoms with van der Waals surface area (Å²) in [5.41, 5.74) is -0.265. The Morgan fingerprint density at radius 2 is 1.80 bits per heavy atom. The number of nitrogens with one attached hydrogen (secondary N) is 1. The maximum absolute atomic E-state index is 12.5. The quantitative estimate of drug-likeness (QED) is 0.912. The van der Waals surface area contributed by atoms with Gasteiger partial charge in [0.2, 0.25) is 11.8 Å². The minimum atomic E-state index is -0.919.